The molecule has 0 radical (unpaired) electrons. The third-order valence-electron chi connectivity index (χ3n) is 5.96. The van der Waals surface area contributed by atoms with E-state index in [0.717, 1.165) is 35.7 Å². The van der Waals surface area contributed by atoms with Gasteiger partial charge >= 0.3 is 5.97 Å². The van der Waals surface area contributed by atoms with Crippen molar-refractivity contribution in [3.8, 4) is 0 Å². The first kappa shape index (κ1) is 23.4. The number of piperazine rings is 1. The third kappa shape index (κ3) is 4.66. The van der Waals surface area contributed by atoms with E-state index in [2.05, 4.69) is 16.8 Å². The van der Waals surface area contributed by atoms with Crippen molar-refractivity contribution < 1.29 is 22.3 Å². The van der Waals surface area contributed by atoms with Gasteiger partial charge in [0.15, 0.2) is 0 Å². The first-order chi connectivity index (χ1) is 15.7. The number of hydrogen-bond acceptors (Lipinski definition) is 6. The molecule has 0 saturated carbocycles. The zero-order chi connectivity index (χ0) is 23.8. The van der Waals surface area contributed by atoms with Crippen LogP contribution in [0.5, 0.6) is 0 Å². The number of carbonyl (C=O) groups is 1. The highest BCUT2D eigenvalue weighted by atomic mass is 32.2. The summed E-state index contributed by atoms with van der Waals surface area (Å²) in [6, 6.07) is 10.6. The number of ether oxygens (including phenoxy) is 1. The molecule has 1 aliphatic heterocycles. The SMILES string of the molecule is CCOC(=O)c1cc2cc(CN3CCN(C)CC3)c(F)cc2n1S(=O)(=O)c1ccc(C)cc1. The van der Waals surface area contributed by atoms with E-state index in [1.807, 2.05) is 6.92 Å². The Morgan fingerprint density at radius 3 is 2.36 bits per heavy atom. The first-order valence-corrected chi connectivity index (χ1v) is 12.4. The Hall–Kier alpha value is -2.75. The Labute approximate surface area is 193 Å². The fourth-order valence-corrected chi connectivity index (χ4v) is 5.54. The van der Waals surface area contributed by atoms with Gasteiger partial charge in [-0.05, 0) is 51.2 Å². The molecule has 3 aromatic rings. The van der Waals surface area contributed by atoms with Crippen LogP contribution in [0.25, 0.3) is 10.9 Å². The summed E-state index contributed by atoms with van der Waals surface area (Å²) in [6.07, 6.45) is 0. The molecule has 0 N–H and O–H groups in total. The normalized spacial score (nSPS) is 15.8. The summed E-state index contributed by atoms with van der Waals surface area (Å²) in [5, 5.41) is 0.472. The molecule has 0 spiro atoms. The van der Waals surface area contributed by atoms with Crippen LogP contribution in [0, 0.1) is 12.7 Å². The number of rotatable bonds is 6. The van der Waals surface area contributed by atoms with Gasteiger partial charge in [0.05, 0.1) is 17.0 Å². The summed E-state index contributed by atoms with van der Waals surface area (Å²) >= 11 is 0. The molecule has 2 aromatic carbocycles. The maximum Gasteiger partial charge on any atom is 0.356 e. The van der Waals surface area contributed by atoms with Gasteiger partial charge in [-0.1, -0.05) is 17.7 Å². The van der Waals surface area contributed by atoms with Gasteiger partial charge in [-0.2, -0.15) is 0 Å². The Bertz CT molecular complexity index is 1280. The lowest BCUT2D eigenvalue weighted by molar-refractivity contribution is 0.0518. The molecule has 1 aromatic heterocycles. The second-order valence-electron chi connectivity index (χ2n) is 8.41. The van der Waals surface area contributed by atoms with E-state index in [4.69, 9.17) is 4.74 Å². The average molecular weight is 474 g/mol. The highest BCUT2D eigenvalue weighted by Crippen LogP contribution is 2.29. The largest absolute Gasteiger partial charge is 0.461 e. The Morgan fingerprint density at radius 1 is 1.06 bits per heavy atom. The van der Waals surface area contributed by atoms with Crippen LogP contribution in [0.1, 0.15) is 28.5 Å². The monoisotopic (exact) mass is 473 g/mol. The number of fused-ring (bicyclic) bond motifs is 1. The van der Waals surface area contributed by atoms with Crippen LogP contribution in [0.2, 0.25) is 0 Å². The highest BCUT2D eigenvalue weighted by molar-refractivity contribution is 7.90. The van der Waals surface area contributed by atoms with Crippen molar-refractivity contribution >= 4 is 26.9 Å². The van der Waals surface area contributed by atoms with Gasteiger partial charge in [-0.25, -0.2) is 21.6 Å². The fraction of sp³-hybridized carbons (Fsp3) is 0.375. The molecule has 2 heterocycles. The van der Waals surface area contributed by atoms with Crippen molar-refractivity contribution in [2.75, 3.05) is 39.8 Å². The first-order valence-electron chi connectivity index (χ1n) is 10.9. The van der Waals surface area contributed by atoms with Gasteiger partial charge in [0.2, 0.25) is 0 Å². The van der Waals surface area contributed by atoms with E-state index >= 15 is 4.39 Å². The lowest BCUT2D eigenvalue weighted by Gasteiger charge is -2.32. The molecule has 0 amide bonds. The van der Waals surface area contributed by atoms with Crippen LogP contribution < -0.4 is 0 Å². The molecular weight excluding hydrogens is 445 g/mol. The number of halogens is 1. The fourth-order valence-electron chi connectivity index (χ4n) is 4.04. The molecule has 1 saturated heterocycles. The van der Waals surface area contributed by atoms with E-state index in [-0.39, 0.29) is 22.7 Å². The van der Waals surface area contributed by atoms with Gasteiger partial charge in [0.1, 0.15) is 11.5 Å². The minimum absolute atomic E-state index is 0.0121. The quantitative estimate of drug-likeness (QED) is 0.512. The van der Waals surface area contributed by atoms with E-state index in [1.165, 1.54) is 24.3 Å². The number of aromatic nitrogens is 1. The van der Waals surface area contributed by atoms with Crippen LogP contribution in [0.3, 0.4) is 0 Å². The number of esters is 1. The van der Waals surface area contributed by atoms with Crippen LogP contribution in [-0.4, -0.2) is 68.0 Å². The number of likely N-dealkylation sites (N-methyl/N-ethyl adjacent to an activating group) is 1. The topological polar surface area (TPSA) is 71.8 Å². The van der Waals surface area contributed by atoms with Gasteiger partial charge in [-0.15, -0.1) is 0 Å². The molecule has 0 unspecified atom stereocenters. The highest BCUT2D eigenvalue weighted by Gasteiger charge is 2.28. The minimum Gasteiger partial charge on any atom is -0.461 e. The van der Waals surface area contributed by atoms with E-state index in [1.54, 1.807) is 25.1 Å². The predicted molar refractivity (Wildman–Crippen MR) is 124 cm³/mol. The van der Waals surface area contributed by atoms with E-state index < -0.39 is 21.8 Å². The number of nitrogens with zero attached hydrogens (tertiary/aromatic N) is 3. The van der Waals surface area contributed by atoms with Crippen molar-refractivity contribution in [2.24, 2.45) is 0 Å². The van der Waals surface area contributed by atoms with E-state index in [0.29, 0.717) is 17.5 Å². The maximum absolute atomic E-state index is 15.2. The third-order valence-corrected chi connectivity index (χ3v) is 7.70. The Kier molecular flexibility index (Phi) is 6.56. The summed E-state index contributed by atoms with van der Waals surface area (Å²) < 4.78 is 48.2. The van der Waals surface area contributed by atoms with Crippen LogP contribution in [0.4, 0.5) is 4.39 Å². The van der Waals surface area contributed by atoms with Crippen molar-refractivity contribution in [3.63, 3.8) is 0 Å². The van der Waals surface area contributed by atoms with Crippen molar-refractivity contribution in [3.05, 3.63) is 65.1 Å². The molecule has 0 atom stereocenters. The Balaban J connectivity index is 1.82. The zero-order valence-electron chi connectivity index (χ0n) is 19.0. The molecule has 176 valence electrons. The van der Waals surface area contributed by atoms with Crippen LogP contribution in [0.15, 0.2) is 47.4 Å². The summed E-state index contributed by atoms with van der Waals surface area (Å²) in [4.78, 5) is 17.1. The van der Waals surface area contributed by atoms with Gasteiger partial charge < -0.3 is 9.64 Å². The van der Waals surface area contributed by atoms with Gasteiger partial charge in [-0.3, -0.25) is 4.90 Å². The molecule has 9 heteroatoms. The molecule has 4 rings (SSSR count). The van der Waals surface area contributed by atoms with Crippen molar-refractivity contribution in [2.45, 2.75) is 25.3 Å². The molecule has 1 aliphatic rings. The molecule has 0 aliphatic carbocycles. The molecule has 0 bridgehead atoms. The average Bonchev–Trinajstić information content (AvgIpc) is 3.15. The number of benzene rings is 2. The van der Waals surface area contributed by atoms with Crippen molar-refractivity contribution in [1.82, 2.24) is 13.8 Å². The summed E-state index contributed by atoms with van der Waals surface area (Å²) in [5.41, 5.74) is 1.32. The summed E-state index contributed by atoms with van der Waals surface area (Å²) in [5.74, 6) is -1.28. The van der Waals surface area contributed by atoms with Crippen LogP contribution in [-0.2, 0) is 21.3 Å². The summed E-state index contributed by atoms with van der Waals surface area (Å²) in [6.45, 7) is 7.46. The lowest BCUT2D eigenvalue weighted by Crippen LogP contribution is -2.44. The second kappa shape index (κ2) is 9.24. The van der Waals surface area contributed by atoms with Gasteiger partial charge in [0, 0.05) is 43.7 Å². The minimum atomic E-state index is -4.16. The smallest absolute Gasteiger partial charge is 0.356 e. The second-order valence-corrected chi connectivity index (χ2v) is 10.2. The summed E-state index contributed by atoms with van der Waals surface area (Å²) in [7, 11) is -2.11. The Morgan fingerprint density at radius 2 is 1.73 bits per heavy atom. The predicted octanol–water partition coefficient (Wildman–Crippen LogP) is 3.25. The molecule has 1 fully saturated rings. The van der Waals surface area contributed by atoms with E-state index in [9.17, 15) is 13.2 Å². The molecule has 7 nitrogen and oxygen atoms in total. The number of hydrogen-bond donors (Lipinski definition) is 0. The zero-order valence-corrected chi connectivity index (χ0v) is 19.9. The number of carbonyl (C=O) groups excluding carboxylic acids is 1. The molecule has 33 heavy (non-hydrogen) atoms. The standard InChI is InChI=1S/C24H28FN3O4S/c1-4-32-24(29)23-14-18-13-19(16-27-11-9-26(3)10-12-27)21(25)15-22(18)28(23)33(30,31)20-7-5-17(2)6-8-20/h5-8,13-15H,4,9-12,16H2,1-3H3. The van der Waals surface area contributed by atoms with Gasteiger partial charge in [0.25, 0.3) is 10.0 Å². The van der Waals surface area contributed by atoms with Crippen LogP contribution >= 0.6 is 0 Å². The lowest BCUT2D eigenvalue weighted by atomic mass is 10.1. The molecular formula is C24H28FN3O4S. The van der Waals surface area contributed by atoms with Crippen molar-refractivity contribution in [1.29, 1.82) is 0 Å². The maximum atomic E-state index is 15.2. The number of aryl methyl sites for hydroxylation is 1.